The topological polar surface area (TPSA) is 108 Å². The standard InChI is InChI=1S/C20H20N2O6/c1-4-28-18-7-5-6-14(19(18)27-3)12-17(13(2)23)20(24)21-15-8-10-16(11-9-15)22(25)26/h5-12H,4H2,1-3H3,(H,21,24)/b17-12+. The van der Waals surface area contributed by atoms with Gasteiger partial charge in [0, 0.05) is 23.4 Å². The Hall–Kier alpha value is -3.68. The van der Waals surface area contributed by atoms with E-state index in [1.165, 1.54) is 44.4 Å². The van der Waals surface area contributed by atoms with Crippen molar-refractivity contribution in [3.63, 3.8) is 0 Å². The Morgan fingerprint density at radius 2 is 1.86 bits per heavy atom. The Kier molecular flexibility index (Phi) is 6.86. The lowest BCUT2D eigenvalue weighted by molar-refractivity contribution is -0.384. The molecule has 2 aromatic rings. The number of benzene rings is 2. The zero-order chi connectivity index (χ0) is 20.7. The van der Waals surface area contributed by atoms with E-state index in [1.54, 1.807) is 18.2 Å². The summed E-state index contributed by atoms with van der Waals surface area (Å²) in [4.78, 5) is 34.8. The molecular weight excluding hydrogens is 364 g/mol. The molecule has 0 aliphatic rings. The molecule has 8 nitrogen and oxygen atoms in total. The van der Waals surface area contributed by atoms with Crippen LogP contribution in [0.2, 0.25) is 0 Å². The number of amides is 1. The number of nitrogens with zero attached hydrogens (tertiary/aromatic N) is 1. The Bertz CT molecular complexity index is 919. The number of rotatable bonds is 8. The molecule has 0 aliphatic carbocycles. The van der Waals surface area contributed by atoms with E-state index in [-0.39, 0.29) is 11.3 Å². The number of ketones is 1. The van der Waals surface area contributed by atoms with Crippen molar-refractivity contribution in [1.29, 1.82) is 0 Å². The van der Waals surface area contributed by atoms with Crippen LogP contribution in [0.1, 0.15) is 19.4 Å². The van der Waals surface area contributed by atoms with Gasteiger partial charge in [0.05, 0.1) is 24.2 Å². The fraction of sp³-hybridized carbons (Fsp3) is 0.200. The van der Waals surface area contributed by atoms with Gasteiger partial charge in [-0.3, -0.25) is 19.7 Å². The van der Waals surface area contributed by atoms with Gasteiger partial charge in [-0.25, -0.2) is 0 Å². The maximum atomic E-state index is 12.6. The summed E-state index contributed by atoms with van der Waals surface area (Å²) in [5, 5.41) is 13.3. The number of non-ortho nitro benzene ring substituents is 1. The van der Waals surface area contributed by atoms with Crippen LogP contribution in [-0.2, 0) is 9.59 Å². The second-order valence-corrected chi connectivity index (χ2v) is 5.68. The van der Waals surface area contributed by atoms with Crippen molar-refractivity contribution < 1.29 is 24.0 Å². The van der Waals surface area contributed by atoms with E-state index in [4.69, 9.17) is 9.47 Å². The molecule has 0 fully saturated rings. The van der Waals surface area contributed by atoms with E-state index in [2.05, 4.69) is 5.32 Å². The van der Waals surface area contributed by atoms with Crippen molar-refractivity contribution in [3.05, 3.63) is 63.7 Å². The van der Waals surface area contributed by atoms with Gasteiger partial charge in [0.1, 0.15) is 0 Å². The van der Waals surface area contributed by atoms with Crippen molar-refractivity contribution in [1.82, 2.24) is 0 Å². The molecule has 1 amide bonds. The molecule has 0 heterocycles. The summed E-state index contributed by atoms with van der Waals surface area (Å²) in [7, 11) is 1.47. The lowest BCUT2D eigenvalue weighted by Crippen LogP contribution is -2.19. The summed E-state index contributed by atoms with van der Waals surface area (Å²) in [5.41, 5.74) is 0.651. The summed E-state index contributed by atoms with van der Waals surface area (Å²) < 4.78 is 10.9. The Labute approximate surface area is 161 Å². The number of nitro groups is 1. The third-order valence-corrected chi connectivity index (χ3v) is 3.77. The summed E-state index contributed by atoms with van der Waals surface area (Å²) in [6.45, 7) is 3.55. The van der Waals surface area contributed by atoms with E-state index in [9.17, 15) is 19.7 Å². The highest BCUT2D eigenvalue weighted by Gasteiger charge is 2.18. The first-order valence-electron chi connectivity index (χ1n) is 8.45. The van der Waals surface area contributed by atoms with E-state index in [0.29, 0.717) is 29.4 Å². The van der Waals surface area contributed by atoms with Gasteiger partial charge in [0.25, 0.3) is 11.6 Å². The van der Waals surface area contributed by atoms with E-state index < -0.39 is 16.6 Å². The first-order chi connectivity index (χ1) is 13.4. The molecule has 0 saturated carbocycles. The Morgan fingerprint density at radius 3 is 2.39 bits per heavy atom. The van der Waals surface area contributed by atoms with E-state index in [1.807, 2.05) is 6.92 Å². The highest BCUT2D eigenvalue weighted by molar-refractivity contribution is 6.25. The number of Topliss-reactive ketones (excluding diaryl/α,β-unsaturated/α-hetero) is 1. The molecule has 28 heavy (non-hydrogen) atoms. The Morgan fingerprint density at radius 1 is 1.18 bits per heavy atom. The minimum Gasteiger partial charge on any atom is -0.492 e. The maximum absolute atomic E-state index is 12.6. The highest BCUT2D eigenvalue weighted by atomic mass is 16.6. The van der Waals surface area contributed by atoms with Crippen molar-refractivity contribution in [2.45, 2.75) is 13.8 Å². The molecule has 0 unspecified atom stereocenters. The molecule has 0 spiro atoms. The Balaban J connectivity index is 2.34. The third-order valence-electron chi connectivity index (χ3n) is 3.77. The number of carbonyl (C=O) groups excluding carboxylic acids is 2. The second kappa shape index (κ2) is 9.31. The summed E-state index contributed by atoms with van der Waals surface area (Å²) in [6.07, 6.45) is 1.42. The molecule has 0 bridgehead atoms. The number of anilines is 1. The van der Waals surface area contributed by atoms with Gasteiger partial charge in [0.2, 0.25) is 0 Å². The quantitative estimate of drug-likeness (QED) is 0.245. The monoisotopic (exact) mass is 384 g/mol. The number of ether oxygens (including phenoxy) is 2. The average molecular weight is 384 g/mol. The molecule has 146 valence electrons. The van der Waals surface area contributed by atoms with Crippen molar-refractivity contribution in [3.8, 4) is 11.5 Å². The predicted molar refractivity (Wildman–Crippen MR) is 105 cm³/mol. The molecule has 2 rings (SSSR count). The number of methoxy groups -OCH3 is 1. The third kappa shape index (κ3) is 4.94. The first-order valence-corrected chi connectivity index (χ1v) is 8.45. The maximum Gasteiger partial charge on any atom is 0.269 e. The lowest BCUT2D eigenvalue weighted by Gasteiger charge is -2.12. The summed E-state index contributed by atoms with van der Waals surface area (Å²) in [5.74, 6) is -0.169. The van der Waals surface area contributed by atoms with Gasteiger partial charge in [-0.05, 0) is 38.1 Å². The minimum absolute atomic E-state index is 0.0923. The number of hydrogen-bond donors (Lipinski definition) is 1. The van der Waals surface area contributed by atoms with Crippen LogP contribution in [0.25, 0.3) is 6.08 Å². The highest BCUT2D eigenvalue weighted by Crippen LogP contribution is 2.32. The molecule has 2 aromatic carbocycles. The van der Waals surface area contributed by atoms with Crippen molar-refractivity contribution in [2.75, 3.05) is 19.0 Å². The summed E-state index contributed by atoms with van der Waals surface area (Å²) in [6, 6.07) is 10.5. The van der Waals surface area contributed by atoms with Crippen LogP contribution in [0, 0.1) is 10.1 Å². The number of para-hydroxylation sites is 1. The van der Waals surface area contributed by atoms with Crippen LogP contribution in [0.4, 0.5) is 11.4 Å². The fourth-order valence-electron chi connectivity index (χ4n) is 2.48. The van der Waals surface area contributed by atoms with Crippen LogP contribution < -0.4 is 14.8 Å². The number of hydrogen-bond acceptors (Lipinski definition) is 6. The smallest absolute Gasteiger partial charge is 0.269 e. The molecule has 0 aromatic heterocycles. The lowest BCUT2D eigenvalue weighted by atomic mass is 10.1. The molecule has 0 aliphatic heterocycles. The zero-order valence-corrected chi connectivity index (χ0v) is 15.7. The van der Waals surface area contributed by atoms with Crippen LogP contribution in [0.15, 0.2) is 48.0 Å². The van der Waals surface area contributed by atoms with Crippen LogP contribution in [0.5, 0.6) is 11.5 Å². The van der Waals surface area contributed by atoms with Gasteiger partial charge in [-0.2, -0.15) is 0 Å². The van der Waals surface area contributed by atoms with Gasteiger partial charge in [-0.1, -0.05) is 12.1 Å². The molecule has 1 N–H and O–H groups in total. The minimum atomic E-state index is -0.634. The van der Waals surface area contributed by atoms with Gasteiger partial charge >= 0.3 is 0 Å². The van der Waals surface area contributed by atoms with Gasteiger partial charge in [0.15, 0.2) is 17.3 Å². The molecule has 8 heteroatoms. The second-order valence-electron chi connectivity index (χ2n) is 5.68. The van der Waals surface area contributed by atoms with Crippen molar-refractivity contribution in [2.24, 2.45) is 0 Å². The number of nitrogens with one attached hydrogen (secondary N) is 1. The predicted octanol–water partition coefficient (Wildman–Crippen LogP) is 3.61. The SMILES string of the molecule is CCOc1cccc(/C=C(\C(C)=O)C(=O)Nc2ccc([N+](=O)[O-])cc2)c1OC. The molecular formula is C20H20N2O6. The molecule has 0 radical (unpaired) electrons. The largest absolute Gasteiger partial charge is 0.492 e. The number of nitro benzene ring substituents is 1. The molecule has 0 atom stereocenters. The van der Waals surface area contributed by atoms with E-state index in [0.717, 1.165) is 0 Å². The van der Waals surface area contributed by atoms with Gasteiger partial charge in [-0.15, -0.1) is 0 Å². The van der Waals surface area contributed by atoms with Crippen molar-refractivity contribution >= 4 is 29.1 Å². The van der Waals surface area contributed by atoms with Crippen LogP contribution >= 0.6 is 0 Å². The summed E-state index contributed by atoms with van der Waals surface area (Å²) >= 11 is 0. The average Bonchev–Trinajstić information content (AvgIpc) is 2.66. The van der Waals surface area contributed by atoms with Crippen LogP contribution in [0.3, 0.4) is 0 Å². The number of carbonyl (C=O) groups is 2. The normalized spacial score (nSPS) is 10.9. The first kappa shape index (κ1) is 20.6. The fourth-order valence-corrected chi connectivity index (χ4v) is 2.48. The van der Waals surface area contributed by atoms with Gasteiger partial charge < -0.3 is 14.8 Å². The van der Waals surface area contributed by atoms with Crippen LogP contribution in [-0.4, -0.2) is 30.3 Å². The molecule has 0 saturated heterocycles. The zero-order valence-electron chi connectivity index (χ0n) is 15.7. The van der Waals surface area contributed by atoms with E-state index >= 15 is 0 Å².